The van der Waals surface area contributed by atoms with Gasteiger partial charge < -0.3 is 5.32 Å². The number of rotatable bonds is 5. The first-order chi connectivity index (χ1) is 9.56. The summed E-state index contributed by atoms with van der Waals surface area (Å²) in [6, 6.07) is 14.1. The second-order valence-electron chi connectivity index (χ2n) is 5.48. The molecule has 0 radical (unpaired) electrons. The number of nitrogens with one attached hydrogen (secondary N) is 1. The normalized spacial score (nSPS) is 12.4. The predicted octanol–water partition coefficient (Wildman–Crippen LogP) is 4.57. The van der Waals surface area contributed by atoms with E-state index in [1.807, 2.05) is 37.3 Å². The summed E-state index contributed by atoms with van der Waals surface area (Å²) in [4.78, 5) is 14.3. The van der Waals surface area contributed by atoms with Gasteiger partial charge in [0.1, 0.15) is 0 Å². The summed E-state index contributed by atoms with van der Waals surface area (Å²) in [5.41, 5.74) is 1.17. The number of carbonyl (C=O) groups excluding carboxylic acids is 1. The second kappa shape index (κ2) is 6.71. The highest BCUT2D eigenvalue weighted by Crippen LogP contribution is 2.23. The average Bonchev–Trinajstić information content (AvgIpc) is 2.85. The van der Waals surface area contributed by atoms with Crippen molar-refractivity contribution in [1.82, 2.24) is 5.32 Å². The van der Waals surface area contributed by atoms with Gasteiger partial charge in [-0.1, -0.05) is 44.2 Å². The van der Waals surface area contributed by atoms with Crippen LogP contribution >= 0.6 is 11.3 Å². The van der Waals surface area contributed by atoms with Crippen molar-refractivity contribution in [2.24, 2.45) is 5.92 Å². The molecule has 0 aliphatic heterocycles. The lowest BCUT2D eigenvalue weighted by Gasteiger charge is -2.20. The summed E-state index contributed by atoms with van der Waals surface area (Å²) in [7, 11) is 0. The Morgan fingerprint density at radius 2 is 1.85 bits per heavy atom. The highest BCUT2D eigenvalue weighted by Gasteiger charge is 2.17. The largest absolute Gasteiger partial charge is 0.345 e. The molecule has 3 heteroatoms. The molecule has 0 fully saturated rings. The molecular formula is C17H21NOS. The van der Waals surface area contributed by atoms with E-state index < -0.39 is 0 Å². The lowest BCUT2D eigenvalue weighted by atomic mass is 9.97. The van der Waals surface area contributed by atoms with Gasteiger partial charge in [0.15, 0.2) is 0 Å². The van der Waals surface area contributed by atoms with E-state index in [-0.39, 0.29) is 11.9 Å². The van der Waals surface area contributed by atoms with Crippen molar-refractivity contribution in [3.63, 3.8) is 0 Å². The van der Waals surface area contributed by atoms with E-state index in [0.717, 1.165) is 16.2 Å². The average molecular weight is 287 g/mol. The molecule has 1 aromatic heterocycles. The number of amides is 1. The van der Waals surface area contributed by atoms with Crippen molar-refractivity contribution in [2.45, 2.75) is 33.2 Å². The summed E-state index contributed by atoms with van der Waals surface area (Å²) in [5, 5.41) is 3.17. The molecule has 1 unspecified atom stereocenters. The van der Waals surface area contributed by atoms with Crippen molar-refractivity contribution in [2.75, 3.05) is 0 Å². The Bertz CT molecular complexity index is 559. The zero-order valence-corrected chi connectivity index (χ0v) is 13.0. The number of aryl methyl sites for hydroxylation is 1. The van der Waals surface area contributed by atoms with Gasteiger partial charge in [0.05, 0.1) is 10.9 Å². The predicted molar refractivity (Wildman–Crippen MR) is 85.2 cm³/mol. The molecule has 20 heavy (non-hydrogen) atoms. The van der Waals surface area contributed by atoms with Crippen LogP contribution in [0.5, 0.6) is 0 Å². The van der Waals surface area contributed by atoms with Crippen LogP contribution in [0.4, 0.5) is 0 Å². The second-order valence-corrected chi connectivity index (χ2v) is 6.76. The molecule has 1 atom stereocenters. The standard InChI is InChI=1S/C17H21NOS/c1-12(2)11-15(14-7-5-4-6-8-14)18-17(19)16-10-9-13(3)20-16/h4-10,12,15H,11H2,1-3H3,(H,18,19). The molecule has 0 spiro atoms. The first kappa shape index (κ1) is 14.8. The summed E-state index contributed by atoms with van der Waals surface area (Å²) in [6.45, 7) is 6.37. The third kappa shape index (κ3) is 3.94. The van der Waals surface area contributed by atoms with Crippen LogP contribution in [-0.2, 0) is 0 Å². The van der Waals surface area contributed by atoms with Crippen LogP contribution in [0.15, 0.2) is 42.5 Å². The first-order valence-electron chi connectivity index (χ1n) is 6.98. The Morgan fingerprint density at radius 3 is 2.40 bits per heavy atom. The van der Waals surface area contributed by atoms with Crippen LogP contribution in [0.3, 0.4) is 0 Å². The molecule has 106 valence electrons. The zero-order chi connectivity index (χ0) is 14.5. The number of benzene rings is 1. The fraction of sp³-hybridized carbons (Fsp3) is 0.353. The molecule has 2 aromatic rings. The Morgan fingerprint density at radius 1 is 1.15 bits per heavy atom. The maximum Gasteiger partial charge on any atom is 0.261 e. The monoisotopic (exact) mass is 287 g/mol. The van der Waals surface area contributed by atoms with E-state index in [4.69, 9.17) is 0 Å². The molecule has 0 saturated carbocycles. The first-order valence-corrected chi connectivity index (χ1v) is 7.80. The Balaban J connectivity index is 2.14. The molecule has 0 bridgehead atoms. The van der Waals surface area contributed by atoms with Gasteiger partial charge in [0.2, 0.25) is 0 Å². The van der Waals surface area contributed by atoms with E-state index in [9.17, 15) is 4.79 Å². The zero-order valence-electron chi connectivity index (χ0n) is 12.2. The third-order valence-corrected chi connectivity index (χ3v) is 4.18. The highest BCUT2D eigenvalue weighted by atomic mass is 32.1. The molecule has 0 saturated heterocycles. The minimum absolute atomic E-state index is 0.0256. The summed E-state index contributed by atoms with van der Waals surface area (Å²) >= 11 is 1.54. The molecule has 1 heterocycles. The maximum absolute atomic E-state index is 12.3. The Labute approximate surface area is 124 Å². The number of hydrogen-bond acceptors (Lipinski definition) is 2. The van der Waals surface area contributed by atoms with Gasteiger partial charge in [0.25, 0.3) is 5.91 Å². The Hall–Kier alpha value is -1.61. The number of hydrogen-bond donors (Lipinski definition) is 1. The van der Waals surface area contributed by atoms with Crippen molar-refractivity contribution in [3.05, 3.63) is 57.8 Å². The van der Waals surface area contributed by atoms with Crippen molar-refractivity contribution in [1.29, 1.82) is 0 Å². The number of thiophene rings is 1. The SMILES string of the molecule is Cc1ccc(C(=O)NC(CC(C)C)c2ccccc2)s1. The van der Waals surface area contributed by atoms with Crippen molar-refractivity contribution in [3.8, 4) is 0 Å². The summed E-state index contributed by atoms with van der Waals surface area (Å²) < 4.78 is 0. The molecule has 1 N–H and O–H groups in total. The van der Waals surface area contributed by atoms with E-state index in [1.54, 1.807) is 0 Å². The molecule has 0 aliphatic carbocycles. The van der Waals surface area contributed by atoms with Crippen LogP contribution < -0.4 is 5.32 Å². The van der Waals surface area contributed by atoms with E-state index in [1.165, 1.54) is 16.9 Å². The molecule has 1 amide bonds. The van der Waals surface area contributed by atoms with Crippen LogP contribution in [0, 0.1) is 12.8 Å². The minimum Gasteiger partial charge on any atom is -0.345 e. The topological polar surface area (TPSA) is 29.1 Å². The third-order valence-electron chi connectivity index (χ3n) is 3.18. The van der Waals surface area contributed by atoms with Gasteiger partial charge in [-0.3, -0.25) is 4.79 Å². The minimum atomic E-state index is 0.0256. The number of carbonyl (C=O) groups is 1. The van der Waals surface area contributed by atoms with Gasteiger partial charge in [-0.15, -0.1) is 11.3 Å². The van der Waals surface area contributed by atoms with Crippen molar-refractivity contribution < 1.29 is 4.79 Å². The smallest absolute Gasteiger partial charge is 0.261 e. The quantitative estimate of drug-likeness (QED) is 0.857. The van der Waals surface area contributed by atoms with Crippen LogP contribution in [0.2, 0.25) is 0 Å². The van der Waals surface area contributed by atoms with Gasteiger partial charge in [-0.05, 0) is 37.0 Å². The van der Waals surface area contributed by atoms with E-state index >= 15 is 0 Å². The van der Waals surface area contributed by atoms with Gasteiger partial charge >= 0.3 is 0 Å². The lowest BCUT2D eigenvalue weighted by molar-refractivity contribution is 0.0936. The molecule has 2 nitrogen and oxygen atoms in total. The van der Waals surface area contributed by atoms with E-state index in [0.29, 0.717) is 5.92 Å². The van der Waals surface area contributed by atoms with Crippen LogP contribution in [0.25, 0.3) is 0 Å². The van der Waals surface area contributed by atoms with Crippen LogP contribution in [-0.4, -0.2) is 5.91 Å². The molecule has 1 aromatic carbocycles. The Kier molecular flexibility index (Phi) is 4.96. The lowest BCUT2D eigenvalue weighted by Crippen LogP contribution is -2.28. The summed E-state index contributed by atoms with van der Waals surface area (Å²) in [6.07, 6.45) is 0.945. The fourth-order valence-corrected chi connectivity index (χ4v) is 2.99. The molecule has 0 aliphatic rings. The maximum atomic E-state index is 12.3. The van der Waals surface area contributed by atoms with Crippen LogP contribution in [0.1, 0.15) is 46.4 Å². The fourth-order valence-electron chi connectivity index (χ4n) is 2.22. The molecular weight excluding hydrogens is 266 g/mol. The highest BCUT2D eigenvalue weighted by molar-refractivity contribution is 7.13. The molecule has 2 rings (SSSR count). The van der Waals surface area contributed by atoms with E-state index in [2.05, 4.69) is 31.3 Å². The van der Waals surface area contributed by atoms with Gasteiger partial charge in [0, 0.05) is 4.88 Å². The van der Waals surface area contributed by atoms with Gasteiger partial charge in [-0.2, -0.15) is 0 Å². The van der Waals surface area contributed by atoms with Gasteiger partial charge in [-0.25, -0.2) is 0 Å². The van der Waals surface area contributed by atoms with Crippen molar-refractivity contribution >= 4 is 17.2 Å². The summed E-state index contributed by atoms with van der Waals surface area (Å²) in [5.74, 6) is 0.559.